The number of aliphatic hydroxyl groups is 1. The minimum atomic E-state index is -0.897. The molecule has 0 aliphatic heterocycles. The lowest BCUT2D eigenvalue weighted by Gasteiger charge is -2.09. The molecule has 0 saturated carbocycles. The van der Waals surface area contributed by atoms with Gasteiger partial charge in [-0.2, -0.15) is 0 Å². The van der Waals surface area contributed by atoms with Crippen LogP contribution in [0.4, 0.5) is 8.78 Å². The lowest BCUT2D eigenvalue weighted by atomic mass is 10.0. The predicted octanol–water partition coefficient (Wildman–Crippen LogP) is 2.70. The second-order valence-electron chi connectivity index (χ2n) is 3.85. The Morgan fingerprint density at radius 1 is 1.12 bits per heavy atom. The van der Waals surface area contributed by atoms with Gasteiger partial charge in [0.2, 0.25) is 0 Å². The third-order valence-electron chi connectivity index (χ3n) is 2.50. The van der Waals surface area contributed by atoms with Crippen molar-refractivity contribution < 1.29 is 18.3 Å². The Balaban J connectivity index is 2.03. The van der Waals surface area contributed by atoms with E-state index in [1.54, 1.807) is 12.1 Å². The standard InChI is InChI=1S/C13H12F2O2/c14-12-5-1-3-9(13(12)15)7-10(16)8-11-4-2-6-17-11/h1-6,10,16H,7-8H2. The molecule has 17 heavy (non-hydrogen) atoms. The van der Waals surface area contributed by atoms with E-state index in [-0.39, 0.29) is 18.4 Å². The molecule has 0 bridgehead atoms. The van der Waals surface area contributed by atoms with E-state index in [2.05, 4.69) is 0 Å². The first kappa shape index (κ1) is 11.8. The highest BCUT2D eigenvalue weighted by Crippen LogP contribution is 2.15. The molecule has 0 aliphatic carbocycles. The molecular formula is C13H12F2O2. The fourth-order valence-corrected chi connectivity index (χ4v) is 1.69. The van der Waals surface area contributed by atoms with Gasteiger partial charge in [0.05, 0.1) is 12.4 Å². The summed E-state index contributed by atoms with van der Waals surface area (Å²) in [6.07, 6.45) is 1.05. The number of aliphatic hydroxyl groups excluding tert-OH is 1. The molecule has 1 heterocycles. The Hall–Kier alpha value is -1.68. The van der Waals surface area contributed by atoms with E-state index in [0.29, 0.717) is 5.76 Å². The fraction of sp³-hybridized carbons (Fsp3) is 0.231. The zero-order chi connectivity index (χ0) is 12.3. The van der Waals surface area contributed by atoms with Crippen LogP contribution in [0.25, 0.3) is 0 Å². The molecule has 1 unspecified atom stereocenters. The van der Waals surface area contributed by atoms with Crippen molar-refractivity contribution >= 4 is 0 Å². The second-order valence-corrected chi connectivity index (χ2v) is 3.85. The first-order valence-electron chi connectivity index (χ1n) is 5.30. The topological polar surface area (TPSA) is 33.4 Å². The molecule has 0 saturated heterocycles. The number of hydrogen-bond acceptors (Lipinski definition) is 2. The van der Waals surface area contributed by atoms with Gasteiger partial charge in [0, 0.05) is 12.8 Å². The highest BCUT2D eigenvalue weighted by molar-refractivity contribution is 5.20. The normalized spacial score (nSPS) is 12.6. The Kier molecular flexibility index (Phi) is 3.54. The van der Waals surface area contributed by atoms with Crippen molar-refractivity contribution in [2.45, 2.75) is 18.9 Å². The summed E-state index contributed by atoms with van der Waals surface area (Å²) in [7, 11) is 0. The van der Waals surface area contributed by atoms with Gasteiger partial charge in [-0.3, -0.25) is 0 Å². The number of hydrogen-bond donors (Lipinski definition) is 1. The summed E-state index contributed by atoms with van der Waals surface area (Å²) in [5.41, 5.74) is 0.170. The van der Waals surface area contributed by atoms with Gasteiger partial charge in [0.15, 0.2) is 11.6 Å². The SMILES string of the molecule is OC(Cc1ccco1)Cc1cccc(F)c1F. The van der Waals surface area contributed by atoms with E-state index in [4.69, 9.17) is 4.42 Å². The van der Waals surface area contributed by atoms with Gasteiger partial charge >= 0.3 is 0 Å². The van der Waals surface area contributed by atoms with Crippen LogP contribution in [0.15, 0.2) is 41.0 Å². The molecule has 2 rings (SSSR count). The molecule has 1 aromatic heterocycles. The van der Waals surface area contributed by atoms with Crippen molar-refractivity contribution in [3.63, 3.8) is 0 Å². The zero-order valence-electron chi connectivity index (χ0n) is 9.07. The lowest BCUT2D eigenvalue weighted by molar-refractivity contribution is 0.166. The maximum absolute atomic E-state index is 13.3. The molecular weight excluding hydrogens is 226 g/mol. The third-order valence-corrected chi connectivity index (χ3v) is 2.50. The summed E-state index contributed by atoms with van der Waals surface area (Å²) in [5.74, 6) is -1.17. The van der Waals surface area contributed by atoms with Crippen molar-refractivity contribution in [2.75, 3.05) is 0 Å². The van der Waals surface area contributed by atoms with Gasteiger partial charge in [-0.05, 0) is 23.8 Å². The van der Waals surface area contributed by atoms with E-state index < -0.39 is 17.7 Å². The quantitative estimate of drug-likeness (QED) is 0.888. The average molecular weight is 238 g/mol. The predicted molar refractivity (Wildman–Crippen MR) is 58.5 cm³/mol. The molecule has 90 valence electrons. The molecule has 0 fully saturated rings. The van der Waals surface area contributed by atoms with Gasteiger partial charge in [-0.1, -0.05) is 12.1 Å². The van der Waals surface area contributed by atoms with Crippen molar-refractivity contribution in [3.8, 4) is 0 Å². The lowest BCUT2D eigenvalue weighted by Crippen LogP contribution is -2.14. The molecule has 0 amide bonds. The summed E-state index contributed by atoms with van der Waals surface area (Å²) in [6, 6.07) is 7.38. The van der Waals surface area contributed by atoms with Gasteiger partial charge < -0.3 is 9.52 Å². The Labute approximate surface area is 97.5 Å². The molecule has 0 spiro atoms. The van der Waals surface area contributed by atoms with Crippen LogP contribution in [0.3, 0.4) is 0 Å². The van der Waals surface area contributed by atoms with E-state index in [1.807, 2.05) is 0 Å². The van der Waals surface area contributed by atoms with Crippen LogP contribution >= 0.6 is 0 Å². The summed E-state index contributed by atoms with van der Waals surface area (Å²) in [6.45, 7) is 0. The second kappa shape index (κ2) is 5.10. The van der Waals surface area contributed by atoms with Crippen molar-refractivity contribution in [3.05, 3.63) is 59.6 Å². The van der Waals surface area contributed by atoms with Crippen LogP contribution in [0.1, 0.15) is 11.3 Å². The molecule has 2 nitrogen and oxygen atoms in total. The number of furan rings is 1. The average Bonchev–Trinajstić information content (AvgIpc) is 2.77. The number of halogens is 2. The largest absolute Gasteiger partial charge is 0.469 e. The van der Waals surface area contributed by atoms with Crippen LogP contribution in [0, 0.1) is 11.6 Å². The molecule has 1 aromatic carbocycles. The first-order chi connectivity index (χ1) is 8.16. The smallest absolute Gasteiger partial charge is 0.162 e. The van der Waals surface area contributed by atoms with E-state index in [1.165, 1.54) is 18.4 Å². The van der Waals surface area contributed by atoms with Gasteiger partial charge in [-0.25, -0.2) is 8.78 Å². The maximum Gasteiger partial charge on any atom is 0.162 e. The minimum absolute atomic E-state index is 0.0598. The highest BCUT2D eigenvalue weighted by atomic mass is 19.2. The van der Waals surface area contributed by atoms with Gasteiger partial charge in [-0.15, -0.1) is 0 Å². The molecule has 0 aliphatic rings. The maximum atomic E-state index is 13.3. The first-order valence-corrected chi connectivity index (χ1v) is 5.30. The Morgan fingerprint density at radius 3 is 2.65 bits per heavy atom. The Morgan fingerprint density at radius 2 is 1.94 bits per heavy atom. The molecule has 1 atom stereocenters. The Bertz CT molecular complexity index is 480. The van der Waals surface area contributed by atoms with Crippen molar-refractivity contribution in [1.29, 1.82) is 0 Å². The van der Waals surface area contributed by atoms with Crippen molar-refractivity contribution in [1.82, 2.24) is 0 Å². The number of benzene rings is 1. The summed E-state index contributed by atoms with van der Waals surface area (Å²) >= 11 is 0. The summed E-state index contributed by atoms with van der Waals surface area (Å²) in [5, 5.41) is 9.74. The van der Waals surface area contributed by atoms with Crippen molar-refractivity contribution in [2.24, 2.45) is 0 Å². The third kappa shape index (κ3) is 2.91. The zero-order valence-corrected chi connectivity index (χ0v) is 9.07. The van der Waals surface area contributed by atoms with E-state index >= 15 is 0 Å². The van der Waals surface area contributed by atoms with Crippen LogP contribution in [0.2, 0.25) is 0 Å². The minimum Gasteiger partial charge on any atom is -0.469 e. The molecule has 0 radical (unpaired) electrons. The van der Waals surface area contributed by atoms with E-state index in [0.717, 1.165) is 6.07 Å². The summed E-state index contributed by atoms with van der Waals surface area (Å²) < 4.78 is 31.3. The molecule has 2 aromatic rings. The molecule has 1 N–H and O–H groups in total. The van der Waals surface area contributed by atoms with Crippen LogP contribution in [-0.2, 0) is 12.8 Å². The van der Waals surface area contributed by atoms with Crippen LogP contribution in [-0.4, -0.2) is 11.2 Å². The van der Waals surface area contributed by atoms with Gasteiger partial charge in [0.25, 0.3) is 0 Å². The van der Waals surface area contributed by atoms with Gasteiger partial charge in [0.1, 0.15) is 5.76 Å². The van der Waals surface area contributed by atoms with Crippen LogP contribution in [0.5, 0.6) is 0 Å². The summed E-state index contributed by atoms with van der Waals surface area (Å²) in [4.78, 5) is 0. The highest BCUT2D eigenvalue weighted by Gasteiger charge is 2.13. The van der Waals surface area contributed by atoms with Crippen LogP contribution < -0.4 is 0 Å². The fourth-order valence-electron chi connectivity index (χ4n) is 1.69. The monoisotopic (exact) mass is 238 g/mol. The van der Waals surface area contributed by atoms with E-state index in [9.17, 15) is 13.9 Å². The number of rotatable bonds is 4. The molecule has 4 heteroatoms.